The van der Waals surface area contributed by atoms with Crippen LogP contribution in [0, 0.1) is 0 Å². The Hall–Kier alpha value is -1.91. The van der Waals surface area contributed by atoms with Crippen molar-refractivity contribution in [2.45, 2.75) is 6.54 Å². The molecule has 0 aliphatic rings. The molecule has 5 heteroatoms. The summed E-state index contributed by atoms with van der Waals surface area (Å²) in [7, 11) is 0. The summed E-state index contributed by atoms with van der Waals surface area (Å²) in [5, 5.41) is 4.23. The number of halogens is 1. The van der Waals surface area contributed by atoms with Crippen LogP contribution in [-0.4, -0.2) is 15.6 Å². The van der Waals surface area contributed by atoms with Gasteiger partial charge in [0, 0.05) is 11.8 Å². The van der Waals surface area contributed by atoms with Crippen LogP contribution in [0.3, 0.4) is 0 Å². The van der Waals surface area contributed by atoms with Crippen molar-refractivity contribution in [3.05, 3.63) is 64.1 Å². The molecule has 0 bridgehead atoms. The normalized spacial score (nSPS) is 10.7. The molecule has 0 aliphatic carbocycles. The molecule has 0 saturated heterocycles. The van der Waals surface area contributed by atoms with Crippen LogP contribution in [0.25, 0.3) is 11.1 Å². The second-order valence-corrected chi connectivity index (χ2v) is 6.03. The first-order chi connectivity index (χ1) is 9.72. The van der Waals surface area contributed by atoms with Crippen molar-refractivity contribution in [3.8, 4) is 11.1 Å². The van der Waals surface area contributed by atoms with Gasteiger partial charge in [0.15, 0.2) is 5.78 Å². The fourth-order valence-electron chi connectivity index (χ4n) is 1.92. The quantitative estimate of drug-likeness (QED) is 0.679. The molecule has 2 aromatic heterocycles. The SMILES string of the molecule is O=C(Cn1cc(-c2ccccc2)cn1)c1ccc(Cl)s1. The van der Waals surface area contributed by atoms with E-state index in [1.54, 1.807) is 23.0 Å². The van der Waals surface area contributed by atoms with Crippen LogP contribution in [0.1, 0.15) is 9.67 Å². The molecular formula is C15H11ClN2OS. The Kier molecular flexibility index (Phi) is 3.67. The van der Waals surface area contributed by atoms with Crippen molar-refractivity contribution in [1.82, 2.24) is 9.78 Å². The number of Topliss-reactive ketones (excluding diaryl/α,β-unsaturated/α-hetero) is 1. The highest BCUT2D eigenvalue weighted by molar-refractivity contribution is 7.18. The number of ketones is 1. The fraction of sp³-hybridized carbons (Fsp3) is 0.0667. The molecule has 3 rings (SSSR count). The van der Waals surface area contributed by atoms with Gasteiger partial charge in [0.1, 0.15) is 6.54 Å². The minimum atomic E-state index is 0.0182. The summed E-state index contributed by atoms with van der Waals surface area (Å²) in [6, 6.07) is 13.4. The van der Waals surface area contributed by atoms with Gasteiger partial charge in [0.05, 0.1) is 15.4 Å². The molecule has 0 fully saturated rings. The average Bonchev–Trinajstić information content (AvgIpc) is 3.09. The predicted molar refractivity (Wildman–Crippen MR) is 81.3 cm³/mol. The van der Waals surface area contributed by atoms with Crippen molar-refractivity contribution in [1.29, 1.82) is 0 Å². The van der Waals surface area contributed by atoms with Gasteiger partial charge in [-0.25, -0.2) is 0 Å². The van der Waals surface area contributed by atoms with Crippen LogP contribution in [0.5, 0.6) is 0 Å². The number of thiophene rings is 1. The molecule has 0 atom stereocenters. The zero-order valence-corrected chi connectivity index (χ0v) is 12.1. The summed E-state index contributed by atoms with van der Waals surface area (Å²) < 4.78 is 2.27. The van der Waals surface area contributed by atoms with E-state index >= 15 is 0 Å². The van der Waals surface area contributed by atoms with Gasteiger partial charge < -0.3 is 0 Å². The van der Waals surface area contributed by atoms with Crippen LogP contribution < -0.4 is 0 Å². The van der Waals surface area contributed by atoms with Crippen LogP contribution in [0.15, 0.2) is 54.9 Å². The minimum absolute atomic E-state index is 0.0182. The maximum Gasteiger partial charge on any atom is 0.194 e. The van der Waals surface area contributed by atoms with Crippen molar-refractivity contribution in [2.24, 2.45) is 0 Å². The Labute approximate surface area is 125 Å². The van der Waals surface area contributed by atoms with Crippen LogP contribution in [0.4, 0.5) is 0 Å². The lowest BCUT2D eigenvalue weighted by atomic mass is 10.1. The van der Waals surface area contributed by atoms with Crippen molar-refractivity contribution < 1.29 is 4.79 Å². The Balaban J connectivity index is 1.76. The van der Waals surface area contributed by atoms with Gasteiger partial charge in [-0.3, -0.25) is 9.48 Å². The van der Waals surface area contributed by atoms with E-state index in [4.69, 9.17) is 11.6 Å². The smallest absolute Gasteiger partial charge is 0.194 e. The number of hydrogen-bond donors (Lipinski definition) is 0. The average molecular weight is 303 g/mol. The Morgan fingerprint density at radius 3 is 2.65 bits per heavy atom. The van der Waals surface area contributed by atoms with Gasteiger partial charge in [-0.1, -0.05) is 41.9 Å². The second kappa shape index (κ2) is 5.61. The first kappa shape index (κ1) is 13.1. The topological polar surface area (TPSA) is 34.9 Å². The number of aromatic nitrogens is 2. The van der Waals surface area contributed by atoms with Crippen molar-refractivity contribution in [3.63, 3.8) is 0 Å². The molecule has 2 heterocycles. The van der Waals surface area contributed by atoms with Crippen LogP contribution in [-0.2, 0) is 6.54 Å². The molecule has 3 aromatic rings. The maximum atomic E-state index is 12.1. The zero-order chi connectivity index (χ0) is 13.9. The maximum absolute atomic E-state index is 12.1. The van der Waals surface area contributed by atoms with E-state index in [2.05, 4.69) is 5.10 Å². The Morgan fingerprint density at radius 2 is 1.95 bits per heavy atom. The summed E-state index contributed by atoms with van der Waals surface area (Å²) in [5.74, 6) is 0.0182. The first-order valence-electron chi connectivity index (χ1n) is 6.09. The molecule has 1 aromatic carbocycles. The number of carbonyl (C=O) groups is 1. The van der Waals surface area contributed by atoms with Gasteiger partial charge in [-0.15, -0.1) is 11.3 Å². The highest BCUT2D eigenvalue weighted by atomic mass is 35.5. The van der Waals surface area contributed by atoms with Gasteiger partial charge in [0.2, 0.25) is 0 Å². The summed E-state index contributed by atoms with van der Waals surface area (Å²) in [5.41, 5.74) is 2.09. The lowest BCUT2D eigenvalue weighted by Crippen LogP contribution is -2.09. The van der Waals surface area contributed by atoms with E-state index in [1.165, 1.54) is 11.3 Å². The minimum Gasteiger partial charge on any atom is -0.291 e. The third-order valence-corrected chi connectivity index (χ3v) is 4.17. The Bertz CT molecular complexity index is 733. The van der Waals surface area contributed by atoms with E-state index in [-0.39, 0.29) is 12.3 Å². The molecule has 0 N–H and O–H groups in total. The second-order valence-electron chi connectivity index (χ2n) is 4.32. The molecule has 20 heavy (non-hydrogen) atoms. The molecule has 0 unspecified atom stereocenters. The van der Waals surface area contributed by atoms with Gasteiger partial charge in [0.25, 0.3) is 0 Å². The first-order valence-corrected chi connectivity index (χ1v) is 7.28. The number of rotatable bonds is 4. The summed E-state index contributed by atoms with van der Waals surface area (Å²) >= 11 is 7.13. The monoisotopic (exact) mass is 302 g/mol. The third kappa shape index (κ3) is 2.81. The van der Waals surface area contributed by atoms with E-state index in [9.17, 15) is 4.79 Å². The fourth-order valence-corrected chi connectivity index (χ4v) is 2.89. The van der Waals surface area contributed by atoms with Gasteiger partial charge in [-0.05, 0) is 17.7 Å². The van der Waals surface area contributed by atoms with E-state index in [1.807, 2.05) is 36.5 Å². The summed E-state index contributed by atoms with van der Waals surface area (Å²) in [6.45, 7) is 0.226. The molecule has 0 saturated carbocycles. The molecule has 100 valence electrons. The van der Waals surface area contributed by atoms with E-state index in [0.717, 1.165) is 11.1 Å². The number of carbonyl (C=O) groups excluding carboxylic acids is 1. The summed E-state index contributed by atoms with van der Waals surface area (Å²) in [6.07, 6.45) is 3.65. The molecule has 3 nitrogen and oxygen atoms in total. The highest BCUT2D eigenvalue weighted by Crippen LogP contribution is 2.22. The zero-order valence-electron chi connectivity index (χ0n) is 10.5. The Morgan fingerprint density at radius 1 is 1.15 bits per heavy atom. The van der Waals surface area contributed by atoms with Crippen LogP contribution in [0.2, 0.25) is 4.34 Å². The number of hydrogen-bond acceptors (Lipinski definition) is 3. The number of nitrogens with zero attached hydrogens (tertiary/aromatic N) is 2. The molecule has 0 aliphatic heterocycles. The van der Waals surface area contributed by atoms with Crippen molar-refractivity contribution >= 4 is 28.7 Å². The summed E-state index contributed by atoms with van der Waals surface area (Å²) in [4.78, 5) is 12.7. The van der Waals surface area contributed by atoms with Crippen molar-refractivity contribution in [2.75, 3.05) is 0 Å². The predicted octanol–water partition coefficient (Wildman–Crippen LogP) is 4.15. The highest BCUT2D eigenvalue weighted by Gasteiger charge is 2.10. The largest absolute Gasteiger partial charge is 0.291 e. The van der Waals surface area contributed by atoms with E-state index in [0.29, 0.717) is 9.21 Å². The van der Waals surface area contributed by atoms with E-state index < -0.39 is 0 Å². The lowest BCUT2D eigenvalue weighted by Gasteiger charge is -1.98. The lowest BCUT2D eigenvalue weighted by molar-refractivity contribution is 0.0971. The molecule has 0 radical (unpaired) electrons. The molecule has 0 spiro atoms. The van der Waals surface area contributed by atoms with Gasteiger partial charge >= 0.3 is 0 Å². The number of benzene rings is 1. The third-order valence-electron chi connectivity index (χ3n) is 2.89. The standard InChI is InChI=1S/C15H11ClN2OS/c16-15-7-6-14(20-15)13(19)10-18-9-12(8-17-18)11-4-2-1-3-5-11/h1-9H,10H2. The van der Waals surface area contributed by atoms with Crippen LogP contribution >= 0.6 is 22.9 Å². The molecule has 0 amide bonds. The van der Waals surface area contributed by atoms with Gasteiger partial charge in [-0.2, -0.15) is 5.10 Å². The molecular weight excluding hydrogens is 292 g/mol.